The van der Waals surface area contributed by atoms with Crippen LogP contribution < -0.4 is 9.47 Å². The summed E-state index contributed by atoms with van der Waals surface area (Å²) >= 11 is 1.36. The molecule has 0 saturated carbocycles. The lowest BCUT2D eigenvalue weighted by Gasteiger charge is -2.25. The second-order valence-corrected chi connectivity index (χ2v) is 7.73. The molecule has 1 amide bonds. The fourth-order valence-electron chi connectivity index (χ4n) is 3.21. The highest BCUT2D eigenvalue weighted by Gasteiger charge is 2.21. The Morgan fingerprint density at radius 2 is 1.87 bits per heavy atom. The molecule has 1 fully saturated rings. The molecule has 9 heteroatoms. The summed E-state index contributed by atoms with van der Waals surface area (Å²) in [6, 6.07) is 8.49. The number of amides is 1. The van der Waals surface area contributed by atoms with E-state index in [0.717, 1.165) is 11.6 Å². The average Bonchev–Trinajstić information content (AvgIpc) is 3.27. The van der Waals surface area contributed by atoms with Gasteiger partial charge in [-0.05, 0) is 35.9 Å². The maximum atomic E-state index is 13.4. The fraction of sp³-hybridized carbons (Fsp3) is 0.273. The van der Waals surface area contributed by atoms with Crippen LogP contribution in [0.1, 0.15) is 16.1 Å². The molecule has 3 aromatic rings. The van der Waals surface area contributed by atoms with E-state index in [1.807, 2.05) is 0 Å². The normalized spacial score (nSPS) is 13.8. The minimum Gasteiger partial charge on any atom is -0.493 e. The Bertz CT molecular complexity index is 1060. The molecular weight excluding hydrogens is 426 g/mol. The van der Waals surface area contributed by atoms with E-state index < -0.39 is 11.6 Å². The molecule has 6 nitrogen and oxygen atoms in total. The van der Waals surface area contributed by atoms with E-state index in [9.17, 15) is 13.6 Å². The summed E-state index contributed by atoms with van der Waals surface area (Å²) in [5.41, 5.74) is 1.54. The number of aromatic nitrogens is 1. The molecule has 1 saturated heterocycles. The zero-order chi connectivity index (χ0) is 21.8. The number of carbonyl (C=O) groups is 1. The summed E-state index contributed by atoms with van der Waals surface area (Å²) in [6.07, 6.45) is 0. The average molecular weight is 446 g/mol. The number of thiazole rings is 1. The van der Waals surface area contributed by atoms with E-state index in [4.69, 9.17) is 14.2 Å². The number of hydrogen-bond donors (Lipinski definition) is 0. The number of methoxy groups -OCH3 is 1. The van der Waals surface area contributed by atoms with Gasteiger partial charge < -0.3 is 19.1 Å². The van der Waals surface area contributed by atoms with Gasteiger partial charge in [0.1, 0.15) is 28.9 Å². The number of rotatable bonds is 6. The highest BCUT2D eigenvalue weighted by molar-refractivity contribution is 7.13. The monoisotopic (exact) mass is 446 g/mol. The first-order chi connectivity index (χ1) is 15.0. The number of benzene rings is 2. The Kier molecular flexibility index (Phi) is 6.43. The topological polar surface area (TPSA) is 60.9 Å². The van der Waals surface area contributed by atoms with Crippen molar-refractivity contribution in [2.24, 2.45) is 0 Å². The Morgan fingerprint density at radius 1 is 1.13 bits per heavy atom. The number of carbonyl (C=O) groups excluding carboxylic acids is 1. The quantitative estimate of drug-likeness (QED) is 0.569. The van der Waals surface area contributed by atoms with Crippen LogP contribution in [0, 0.1) is 11.6 Å². The van der Waals surface area contributed by atoms with Crippen LogP contribution in [-0.2, 0) is 11.3 Å². The number of nitrogens with zero attached hydrogens (tertiary/aromatic N) is 2. The molecule has 0 radical (unpaired) electrons. The standard InChI is InChI=1S/C22H20F2N2O4S/c1-28-20-10-15(2-3-19(20)30-12-14-8-16(23)11-17(24)9-14)21-25-18(13-31-21)22(27)26-4-6-29-7-5-26/h2-3,8-11,13H,4-7,12H2,1H3. The van der Waals surface area contributed by atoms with Crippen LogP contribution in [0.25, 0.3) is 10.6 Å². The van der Waals surface area contributed by atoms with Gasteiger partial charge in [0.2, 0.25) is 0 Å². The molecular formula is C22H20F2N2O4S. The third-order valence-electron chi connectivity index (χ3n) is 4.75. The molecule has 0 bridgehead atoms. The van der Waals surface area contributed by atoms with Gasteiger partial charge in [-0.25, -0.2) is 13.8 Å². The summed E-state index contributed by atoms with van der Waals surface area (Å²) in [6.45, 7) is 2.16. The smallest absolute Gasteiger partial charge is 0.273 e. The maximum Gasteiger partial charge on any atom is 0.273 e. The fourth-order valence-corrected chi connectivity index (χ4v) is 4.00. The summed E-state index contributed by atoms with van der Waals surface area (Å²) in [7, 11) is 1.50. The van der Waals surface area contributed by atoms with Gasteiger partial charge in [0.25, 0.3) is 5.91 Å². The summed E-state index contributed by atoms with van der Waals surface area (Å²) in [4.78, 5) is 18.8. The van der Waals surface area contributed by atoms with E-state index in [1.165, 1.54) is 30.6 Å². The first-order valence-electron chi connectivity index (χ1n) is 9.62. The first-order valence-corrected chi connectivity index (χ1v) is 10.5. The molecule has 0 N–H and O–H groups in total. The van der Waals surface area contributed by atoms with E-state index in [-0.39, 0.29) is 12.5 Å². The Labute approximate surface area is 182 Å². The van der Waals surface area contributed by atoms with E-state index in [2.05, 4.69) is 4.98 Å². The molecule has 1 aromatic heterocycles. The van der Waals surface area contributed by atoms with Gasteiger partial charge in [-0.2, -0.15) is 0 Å². The van der Waals surface area contributed by atoms with Crippen molar-refractivity contribution < 1.29 is 27.8 Å². The summed E-state index contributed by atoms with van der Waals surface area (Å²) in [5, 5.41) is 2.41. The van der Waals surface area contributed by atoms with Crippen LogP contribution in [0.3, 0.4) is 0 Å². The molecule has 2 heterocycles. The van der Waals surface area contributed by atoms with Crippen LogP contribution in [-0.4, -0.2) is 49.2 Å². The van der Waals surface area contributed by atoms with E-state index >= 15 is 0 Å². The SMILES string of the molecule is COc1cc(-c2nc(C(=O)N3CCOCC3)cs2)ccc1OCc1cc(F)cc(F)c1. The van der Waals surface area contributed by atoms with Crippen molar-refractivity contribution in [3.8, 4) is 22.1 Å². The molecule has 0 aliphatic carbocycles. The molecule has 0 atom stereocenters. The van der Waals surface area contributed by atoms with Crippen LogP contribution in [0.15, 0.2) is 41.8 Å². The summed E-state index contributed by atoms with van der Waals surface area (Å²) in [5.74, 6) is -0.554. The van der Waals surface area contributed by atoms with Crippen molar-refractivity contribution in [1.29, 1.82) is 0 Å². The van der Waals surface area contributed by atoms with Gasteiger partial charge in [0, 0.05) is 30.1 Å². The molecule has 31 heavy (non-hydrogen) atoms. The number of ether oxygens (including phenoxy) is 3. The van der Waals surface area contributed by atoms with Crippen molar-refractivity contribution in [1.82, 2.24) is 9.88 Å². The zero-order valence-corrected chi connectivity index (χ0v) is 17.6. The van der Waals surface area contributed by atoms with E-state index in [0.29, 0.717) is 54.1 Å². The largest absolute Gasteiger partial charge is 0.493 e. The second-order valence-electron chi connectivity index (χ2n) is 6.87. The molecule has 1 aliphatic heterocycles. The lowest BCUT2D eigenvalue weighted by atomic mass is 10.2. The second kappa shape index (κ2) is 9.40. The predicted molar refractivity (Wildman–Crippen MR) is 112 cm³/mol. The zero-order valence-electron chi connectivity index (χ0n) is 16.8. The Morgan fingerprint density at radius 3 is 2.58 bits per heavy atom. The maximum absolute atomic E-state index is 13.4. The number of hydrogen-bond acceptors (Lipinski definition) is 6. The lowest BCUT2D eigenvalue weighted by molar-refractivity contribution is 0.0299. The van der Waals surface area contributed by atoms with Gasteiger partial charge in [0.05, 0.1) is 20.3 Å². The number of morpholine rings is 1. The predicted octanol–water partition coefficient (Wildman–Crippen LogP) is 4.15. The third-order valence-corrected chi connectivity index (χ3v) is 5.64. The van der Waals surface area contributed by atoms with Crippen LogP contribution in [0.5, 0.6) is 11.5 Å². The first kappa shape index (κ1) is 21.2. The highest BCUT2D eigenvalue weighted by Crippen LogP contribution is 2.34. The summed E-state index contributed by atoms with van der Waals surface area (Å²) < 4.78 is 43.1. The third kappa shape index (κ3) is 5.00. The molecule has 162 valence electrons. The Hall–Kier alpha value is -3.04. The van der Waals surface area contributed by atoms with Gasteiger partial charge in [-0.15, -0.1) is 11.3 Å². The molecule has 1 aliphatic rings. The molecule has 2 aromatic carbocycles. The molecule has 0 spiro atoms. The van der Waals surface area contributed by atoms with Gasteiger partial charge in [-0.3, -0.25) is 4.79 Å². The van der Waals surface area contributed by atoms with Crippen molar-refractivity contribution >= 4 is 17.2 Å². The van der Waals surface area contributed by atoms with Gasteiger partial charge in [0.15, 0.2) is 11.5 Å². The molecule has 4 rings (SSSR count). The van der Waals surface area contributed by atoms with E-state index in [1.54, 1.807) is 28.5 Å². The van der Waals surface area contributed by atoms with Crippen LogP contribution >= 0.6 is 11.3 Å². The van der Waals surface area contributed by atoms with Gasteiger partial charge >= 0.3 is 0 Å². The van der Waals surface area contributed by atoms with Crippen LogP contribution in [0.2, 0.25) is 0 Å². The number of halogens is 2. The Balaban J connectivity index is 1.49. The van der Waals surface area contributed by atoms with Crippen molar-refractivity contribution in [3.63, 3.8) is 0 Å². The van der Waals surface area contributed by atoms with Crippen molar-refractivity contribution in [3.05, 3.63) is 64.7 Å². The molecule has 0 unspecified atom stereocenters. The lowest BCUT2D eigenvalue weighted by Crippen LogP contribution is -2.40. The van der Waals surface area contributed by atoms with Crippen molar-refractivity contribution in [2.45, 2.75) is 6.61 Å². The van der Waals surface area contributed by atoms with Gasteiger partial charge in [-0.1, -0.05) is 0 Å². The van der Waals surface area contributed by atoms with Crippen molar-refractivity contribution in [2.75, 3.05) is 33.4 Å². The van der Waals surface area contributed by atoms with Crippen LogP contribution in [0.4, 0.5) is 8.78 Å². The highest BCUT2D eigenvalue weighted by atomic mass is 32.1. The minimum atomic E-state index is -0.660. The minimum absolute atomic E-state index is 0.0140.